The van der Waals surface area contributed by atoms with Crippen LogP contribution in [0.3, 0.4) is 0 Å². The molecule has 0 saturated carbocycles. The smallest absolute Gasteiger partial charge is 0.250 e. The maximum Gasteiger partial charge on any atom is 0.250 e. The molecule has 5 rings (SSSR count). The van der Waals surface area contributed by atoms with E-state index in [0.717, 1.165) is 32.8 Å². The van der Waals surface area contributed by atoms with Gasteiger partial charge in [0.05, 0.1) is 37.7 Å². The molecule has 11 nitrogen and oxygen atoms in total. The second kappa shape index (κ2) is 14.0. The lowest BCUT2D eigenvalue weighted by Crippen LogP contribution is -2.09. The summed E-state index contributed by atoms with van der Waals surface area (Å²) in [6, 6.07) is 24.7. The Kier molecular flexibility index (Phi) is 9.47. The van der Waals surface area contributed by atoms with Gasteiger partial charge in [0.25, 0.3) is 0 Å². The fourth-order valence-electron chi connectivity index (χ4n) is 3.79. The van der Waals surface area contributed by atoms with Gasteiger partial charge < -0.3 is 29.3 Å². The third kappa shape index (κ3) is 7.76. The van der Waals surface area contributed by atoms with E-state index in [1.54, 1.807) is 26.7 Å². The largest absolute Gasteiger partial charge is 0.497 e. The zero-order chi connectivity index (χ0) is 29.1. The van der Waals surface area contributed by atoms with Crippen molar-refractivity contribution in [3.63, 3.8) is 0 Å². The van der Waals surface area contributed by atoms with Gasteiger partial charge in [-0.3, -0.25) is 0 Å². The van der Waals surface area contributed by atoms with Crippen LogP contribution in [0.1, 0.15) is 16.9 Å². The molecule has 3 aromatic carbocycles. The Morgan fingerprint density at radius 2 is 1.67 bits per heavy atom. The Morgan fingerprint density at radius 3 is 2.40 bits per heavy atom. The van der Waals surface area contributed by atoms with Gasteiger partial charge in [0, 0.05) is 5.69 Å². The number of halogens is 1. The van der Waals surface area contributed by atoms with Crippen LogP contribution >= 0.6 is 15.9 Å². The average molecular weight is 631 g/mol. The van der Waals surface area contributed by atoms with Crippen molar-refractivity contribution in [2.75, 3.05) is 30.3 Å². The van der Waals surface area contributed by atoms with Gasteiger partial charge >= 0.3 is 0 Å². The summed E-state index contributed by atoms with van der Waals surface area (Å²) >= 11 is 3.59. The van der Waals surface area contributed by atoms with Gasteiger partial charge in [-0.15, -0.1) is 0 Å². The summed E-state index contributed by atoms with van der Waals surface area (Å²) in [7, 11) is 3.21. The first-order valence-corrected chi connectivity index (χ1v) is 13.7. The molecule has 3 N–H and O–H groups in total. The van der Waals surface area contributed by atoms with Gasteiger partial charge in [0.15, 0.2) is 11.5 Å². The summed E-state index contributed by atoms with van der Waals surface area (Å²) < 4.78 is 23.0. The molecule has 2 heterocycles. The molecule has 0 spiro atoms. The molecule has 2 aromatic heterocycles. The molecule has 0 aliphatic carbocycles. The molecule has 0 bridgehead atoms. The van der Waals surface area contributed by atoms with Gasteiger partial charge in [-0.2, -0.15) is 20.1 Å². The van der Waals surface area contributed by atoms with Gasteiger partial charge in [0.2, 0.25) is 17.8 Å². The van der Waals surface area contributed by atoms with Crippen LogP contribution in [0, 0.1) is 0 Å². The highest BCUT2D eigenvalue weighted by Crippen LogP contribution is 2.37. The van der Waals surface area contributed by atoms with Crippen molar-refractivity contribution in [2.45, 2.75) is 13.2 Å². The first-order valence-electron chi connectivity index (χ1n) is 12.9. The van der Waals surface area contributed by atoms with Gasteiger partial charge in [0.1, 0.15) is 18.1 Å². The summed E-state index contributed by atoms with van der Waals surface area (Å²) in [5.74, 6) is 3.53. The minimum atomic E-state index is 0.230. The number of ether oxygens (including phenoxy) is 3. The molecule has 0 aliphatic heterocycles. The van der Waals surface area contributed by atoms with E-state index in [0.29, 0.717) is 36.5 Å². The van der Waals surface area contributed by atoms with E-state index in [2.05, 4.69) is 52.0 Å². The molecule has 0 atom stereocenters. The SMILES string of the molecule is COc1ccc(Nc2nc(NCc3ccco3)nc(N/N=C/c3cc(Br)c(OCc4ccccc4)c(OC)c3)n2)cc1. The maximum absolute atomic E-state index is 6.02. The van der Waals surface area contributed by atoms with Crippen LogP contribution < -0.4 is 30.3 Å². The lowest BCUT2D eigenvalue weighted by molar-refractivity contribution is 0.282. The van der Waals surface area contributed by atoms with Crippen LogP contribution in [0.4, 0.5) is 23.5 Å². The highest BCUT2D eigenvalue weighted by molar-refractivity contribution is 9.10. The van der Waals surface area contributed by atoms with E-state index in [-0.39, 0.29) is 5.95 Å². The molecule has 0 aliphatic rings. The Bertz CT molecular complexity index is 1620. The van der Waals surface area contributed by atoms with Crippen LogP contribution in [-0.4, -0.2) is 35.4 Å². The van der Waals surface area contributed by atoms with E-state index < -0.39 is 0 Å². The summed E-state index contributed by atoms with van der Waals surface area (Å²) in [5, 5.41) is 10.7. The average Bonchev–Trinajstić information content (AvgIpc) is 3.54. The highest BCUT2D eigenvalue weighted by Gasteiger charge is 2.12. The van der Waals surface area contributed by atoms with Crippen molar-refractivity contribution in [3.05, 3.63) is 106 Å². The molecule has 42 heavy (non-hydrogen) atoms. The quantitative estimate of drug-likeness (QED) is 0.0964. The number of furan rings is 1. The first-order chi connectivity index (χ1) is 20.6. The van der Waals surface area contributed by atoms with E-state index in [4.69, 9.17) is 18.6 Å². The third-order valence-corrected chi connectivity index (χ3v) is 6.43. The molecule has 0 fully saturated rings. The standard InChI is InChI=1S/C30H28BrN7O4/c1-39-23-12-10-22(11-13-23)34-29-35-28(32-18-24-9-6-14-41-24)36-30(37-29)38-33-17-21-15-25(31)27(26(16-21)40-2)42-19-20-7-4-3-5-8-20/h3-17H,18-19H2,1-2H3,(H3,32,34,35,36,37,38)/b33-17+. The van der Waals surface area contributed by atoms with Crippen molar-refractivity contribution in [1.29, 1.82) is 0 Å². The zero-order valence-corrected chi connectivity index (χ0v) is 24.5. The Hall–Kier alpha value is -5.10. The van der Waals surface area contributed by atoms with Crippen molar-refractivity contribution < 1.29 is 18.6 Å². The number of hydrazone groups is 1. The number of aromatic nitrogens is 3. The topological polar surface area (TPSA) is 128 Å². The summed E-state index contributed by atoms with van der Waals surface area (Å²) in [5.41, 5.74) is 5.48. The summed E-state index contributed by atoms with van der Waals surface area (Å²) in [4.78, 5) is 13.4. The minimum absolute atomic E-state index is 0.230. The molecule has 12 heteroatoms. The lowest BCUT2D eigenvalue weighted by Gasteiger charge is -2.13. The van der Waals surface area contributed by atoms with Gasteiger partial charge in [-0.05, 0) is 75.6 Å². The Labute approximate surface area is 251 Å². The number of nitrogens with zero attached hydrogens (tertiary/aromatic N) is 4. The number of anilines is 4. The van der Waals surface area contributed by atoms with Gasteiger partial charge in [-0.25, -0.2) is 5.43 Å². The molecule has 5 aromatic rings. The van der Waals surface area contributed by atoms with E-state index in [9.17, 15) is 0 Å². The summed E-state index contributed by atoms with van der Waals surface area (Å²) in [6.07, 6.45) is 3.24. The molecule has 214 valence electrons. The first kappa shape index (κ1) is 28.4. The molecule has 0 saturated heterocycles. The summed E-state index contributed by atoms with van der Waals surface area (Å²) in [6.45, 7) is 0.807. The second-order valence-electron chi connectivity index (χ2n) is 8.77. The zero-order valence-electron chi connectivity index (χ0n) is 22.9. The molecule has 0 radical (unpaired) electrons. The monoisotopic (exact) mass is 629 g/mol. The maximum atomic E-state index is 6.02. The predicted octanol–water partition coefficient (Wildman–Crippen LogP) is 6.63. The minimum Gasteiger partial charge on any atom is -0.497 e. The number of hydrogen-bond donors (Lipinski definition) is 3. The fraction of sp³-hybridized carbons (Fsp3) is 0.133. The van der Waals surface area contributed by atoms with Crippen molar-refractivity contribution in [2.24, 2.45) is 5.10 Å². The Morgan fingerprint density at radius 1 is 0.881 bits per heavy atom. The van der Waals surface area contributed by atoms with Crippen molar-refractivity contribution in [1.82, 2.24) is 15.0 Å². The number of hydrogen-bond acceptors (Lipinski definition) is 11. The van der Waals surface area contributed by atoms with Crippen molar-refractivity contribution in [3.8, 4) is 17.2 Å². The number of nitrogens with one attached hydrogen (secondary N) is 3. The molecule has 0 amide bonds. The highest BCUT2D eigenvalue weighted by atomic mass is 79.9. The normalized spacial score (nSPS) is 10.8. The van der Waals surface area contributed by atoms with Crippen LogP contribution in [0.25, 0.3) is 0 Å². The second-order valence-corrected chi connectivity index (χ2v) is 9.63. The van der Waals surface area contributed by atoms with Crippen LogP contribution in [0.15, 0.2) is 99.1 Å². The molecule has 0 unspecified atom stereocenters. The molecular formula is C30H28BrN7O4. The van der Waals surface area contributed by atoms with Gasteiger partial charge in [-0.1, -0.05) is 30.3 Å². The predicted molar refractivity (Wildman–Crippen MR) is 165 cm³/mol. The third-order valence-electron chi connectivity index (χ3n) is 5.84. The Balaban J connectivity index is 1.31. The van der Waals surface area contributed by atoms with Crippen LogP contribution in [0.2, 0.25) is 0 Å². The number of benzene rings is 3. The van der Waals surface area contributed by atoms with Crippen LogP contribution in [0.5, 0.6) is 17.2 Å². The fourth-order valence-corrected chi connectivity index (χ4v) is 4.37. The van der Waals surface area contributed by atoms with E-state index >= 15 is 0 Å². The number of rotatable bonds is 13. The number of methoxy groups -OCH3 is 2. The van der Waals surface area contributed by atoms with E-state index in [1.165, 1.54) is 0 Å². The van der Waals surface area contributed by atoms with Crippen molar-refractivity contribution >= 4 is 45.7 Å². The molecular weight excluding hydrogens is 602 g/mol. The van der Waals surface area contributed by atoms with E-state index in [1.807, 2.05) is 78.9 Å². The lowest BCUT2D eigenvalue weighted by atomic mass is 10.2. The van der Waals surface area contributed by atoms with Crippen LogP contribution in [-0.2, 0) is 13.2 Å².